The summed E-state index contributed by atoms with van der Waals surface area (Å²) >= 11 is 0. The lowest BCUT2D eigenvalue weighted by Crippen LogP contribution is -2.57. The zero-order valence-corrected chi connectivity index (χ0v) is 13.0. The average molecular weight is 292 g/mol. The molecule has 0 bridgehead atoms. The van der Waals surface area contributed by atoms with Gasteiger partial charge in [0.2, 0.25) is 0 Å². The van der Waals surface area contributed by atoms with Crippen LogP contribution in [0.3, 0.4) is 0 Å². The Morgan fingerprint density at radius 1 is 1.48 bits per heavy atom. The molecule has 0 saturated carbocycles. The number of rotatable bonds is 4. The topological polar surface area (TPSA) is 57.7 Å². The Bertz CT molecular complexity index is 480. The first-order valence-corrected chi connectivity index (χ1v) is 7.34. The molecule has 21 heavy (non-hydrogen) atoms. The molecule has 2 amide bonds. The van der Waals surface area contributed by atoms with E-state index in [1.54, 1.807) is 7.11 Å². The zero-order chi connectivity index (χ0) is 15.2. The Labute approximate surface area is 126 Å². The number of piperazine rings is 1. The molecular weight excluding hydrogens is 268 g/mol. The maximum absolute atomic E-state index is 12.1. The van der Waals surface area contributed by atoms with Crippen LogP contribution in [0.1, 0.15) is 12.6 Å². The lowest BCUT2D eigenvalue weighted by Gasteiger charge is -2.40. The molecule has 1 fully saturated rings. The first kappa shape index (κ1) is 15.6. The zero-order valence-electron chi connectivity index (χ0n) is 13.0. The van der Waals surface area contributed by atoms with Crippen LogP contribution in [0.4, 0.5) is 10.6 Å². The van der Waals surface area contributed by atoms with Crippen molar-refractivity contribution in [3.8, 4) is 0 Å². The maximum atomic E-state index is 12.1. The van der Waals surface area contributed by atoms with Crippen LogP contribution in [0.15, 0.2) is 18.2 Å². The van der Waals surface area contributed by atoms with E-state index in [0.29, 0.717) is 19.7 Å². The number of pyridine rings is 1. The normalized spacial score (nSPS) is 18.7. The molecule has 1 N–H and O–H groups in total. The van der Waals surface area contributed by atoms with Gasteiger partial charge in [-0.05, 0) is 26.0 Å². The van der Waals surface area contributed by atoms with Crippen molar-refractivity contribution in [1.82, 2.24) is 15.2 Å². The van der Waals surface area contributed by atoms with Crippen molar-refractivity contribution in [2.45, 2.75) is 19.9 Å². The molecule has 1 aromatic rings. The maximum Gasteiger partial charge on any atom is 0.317 e. The molecule has 6 nitrogen and oxygen atoms in total. The Morgan fingerprint density at radius 3 is 2.95 bits per heavy atom. The molecule has 0 radical (unpaired) electrons. The third kappa shape index (κ3) is 4.07. The monoisotopic (exact) mass is 292 g/mol. The Hall–Kier alpha value is -1.82. The van der Waals surface area contributed by atoms with Gasteiger partial charge in [-0.3, -0.25) is 0 Å². The smallest absolute Gasteiger partial charge is 0.317 e. The van der Waals surface area contributed by atoms with E-state index in [1.165, 1.54) is 0 Å². The van der Waals surface area contributed by atoms with Crippen molar-refractivity contribution in [2.24, 2.45) is 0 Å². The van der Waals surface area contributed by atoms with Gasteiger partial charge < -0.3 is 19.9 Å². The highest BCUT2D eigenvalue weighted by atomic mass is 16.5. The largest absolute Gasteiger partial charge is 0.383 e. The quantitative estimate of drug-likeness (QED) is 0.849. The van der Waals surface area contributed by atoms with E-state index >= 15 is 0 Å². The molecule has 0 spiro atoms. The number of carbonyl (C=O) groups is 1. The lowest BCUT2D eigenvalue weighted by molar-refractivity contribution is 0.161. The molecule has 0 aromatic carbocycles. The van der Waals surface area contributed by atoms with Gasteiger partial charge in [0.1, 0.15) is 5.82 Å². The number of hydrogen-bond acceptors (Lipinski definition) is 4. The fourth-order valence-corrected chi connectivity index (χ4v) is 2.53. The number of aryl methyl sites for hydroxylation is 1. The van der Waals surface area contributed by atoms with Gasteiger partial charge >= 0.3 is 6.03 Å². The Balaban J connectivity index is 1.91. The summed E-state index contributed by atoms with van der Waals surface area (Å²) in [5, 5.41) is 2.88. The van der Waals surface area contributed by atoms with Crippen molar-refractivity contribution in [3.05, 3.63) is 23.9 Å². The second kappa shape index (κ2) is 7.26. The van der Waals surface area contributed by atoms with Gasteiger partial charge in [-0.2, -0.15) is 0 Å². The minimum atomic E-state index is -0.0172. The molecule has 1 aromatic heterocycles. The van der Waals surface area contributed by atoms with E-state index in [0.717, 1.165) is 24.6 Å². The van der Waals surface area contributed by atoms with E-state index < -0.39 is 0 Å². The highest BCUT2D eigenvalue weighted by Crippen LogP contribution is 2.17. The number of carbonyl (C=O) groups excluding carboxylic acids is 1. The van der Waals surface area contributed by atoms with Crippen LogP contribution in [0.25, 0.3) is 0 Å². The average Bonchev–Trinajstić information content (AvgIpc) is 2.47. The molecule has 0 aliphatic carbocycles. The molecule has 6 heteroatoms. The number of nitrogens with zero attached hydrogens (tertiary/aromatic N) is 3. The van der Waals surface area contributed by atoms with E-state index in [-0.39, 0.29) is 12.1 Å². The van der Waals surface area contributed by atoms with Crippen molar-refractivity contribution in [2.75, 3.05) is 44.8 Å². The molecule has 1 aliphatic heterocycles. The predicted molar refractivity (Wildman–Crippen MR) is 82.6 cm³/mol. The molecule has 0 unspecified atom stereocenters. The van der Waals surface area contributed by atoms with Gasteiger partial charge in [0.15, 0.2) is 0 Å². The highest BCUT2D eigenvalue weighted by molar-refractivity contribution is 5.75. The van der Waals surface area contributed by atoms with Crippen LogP contribution in [-0.4, -0.2) is 61.9 Å². The Morgan fingerprint density at radius 2 is 2.29 bits per heavy atom. The molecular formula is C15H24N4O2. The van der Waals surface area contributed by atoms with Gasteiger partial charge in [-0.25, -0.2) is 9.78 Å². The summed E-state index contributed by atoms with van der Waals surface area (Å²) in [6, 6.07) is 6.17. The van der Waals surface area contributed by atoms with Crippen molar-refractivity contribution >= 4 is 11.8 Å². The first-order valence-electron chi connectivity index (χ1n) is 7.34. The van der Waals surface area contributed by atoms with Gasteiger partial charge in [0, 0.05) is 45.0 Å². The van der Waals surface area contributed by atoms with Crippen LogP contribution in [0.2, 0.25) is 0 Å². The summed E-state index contributed by atoms with van der Waals surface area (Å²) in [5.41, 5.74) is 1.01. The number of urea groups is 1. The number of amides is 2. The summed E-state index contributed by atoms with van der Waals surface area (Å²) < 4.78 is 4.94. The summed E-state index contributed by atoms with van der Waals surface area (Å²) in [4.78, 5) is 20.8. The summed E-state index contributed by atoms with van der Waals surface area (Å²) in [7, 11) is 1.63. The first-order chi connectivity index (χ1) is 10.1. The van der Waals surface area contributed by atoms with E-state index in [2.05, 4.69) is 22.1 Å². The molecule has 116 valence electrons. The third-order valence-electron chi connectivity index (χ3n) is 3.67. The molecule has 1 aliphatic rings. The standard InChI is InChI=1S/C15H24N4O2/c1-12-5-4-6-14(17-12)18-8-9-19(13(2)11-18)15(20)16-7-10-21-3/h4-6,13H,7-11H2,1-3H3,(H,16,20)/t13-/m1/s1. The van der Waals surface area contributed by atoms with E-state index in [1.807, 2.05) is 30.0 Å². The van der Waals surface area contributed by atoms with Crippen LogP contribution < -0.4 is 10.2 Å². The van der Waals surface area contributed by atoms with Crippen LogP contribution in [0.5, 0.6) is 0 Å². The third-order valence-corrected chi connectivity index (χ3v) is 3.67. The SMILES string of the molecule is COCCNC(=O)N1CCN(c2cccc(C)n2)C[C@H]1C. The van der Waals surface area contributed by atoms with Crippen LogP contribution >= 0.6 is 0 Å². The summed E-state index contributed by atoms with van der Waals surface area (Å²) in [6.07, 6.45) is 0. The van der Waals surface area contributed by atoms with E-state index in [9.17, 15) is 4.79 Å². The van der Waals surface area contributed by atoms with E-state index in [4.69, 9.17) is 4.74 Å². The second-order valence-corrected chi connectivity index (χ2v) is 5.35. The minimum absolute atomic E-state index is 0.0172. The van der Waals surface area contributed by atoms with Crippen LogP contribution in [0, 0.1) is 6.92 Å². The van der Waals surface area contributed by atoms with Gasteiger partial charge in [-0.1, -0.05) is 6.07 Å². The van der Waals surface area contributed by atoms with Gasteiger partial charge in [0.05, 0.1) is 6.61 Å². The minimum Gasteiger partial charge on any atom is -0.383 e. The summed E-state index contributed by atoms with van der Waals surface area (Å²) in [6.45, 7) is 7.45. The highest BCUT2D eigenvalue weighted by Gasteiger charge is 2.27. The lowest BCUT2D eigenvalue weighted by atomic mass is 10.2. The number of hydrogen-bond donors (Lipinski definition) is 1. The number of ether oxygens (including phenoxy) is 1. The van der Waals surface area contributed by atoms with Crippen LogP contribution in [-0.2, 0) is 4.74 Å². The number of aromatic nitrogens is 1. The molecule has 1 saturated heterocycles. The van der Waals surface area contributed by atoms with Crippen molar-refractivity contribution in [1.29, 1.82) is 0 Å². The Kier molecular flexibility index (Phi) is 5.38. The van der Waals surface area contributed by atoms with Gasteiger partial charge in [-0.15, -0.1) is 0 Å². The molecule has 2 rings (SSSR count). The molecule has 1 atom stereocenters. The number of nitrogens with one attached hydrogen (secondary N) is 1. The van der Waals surface area contributed by atoms with Crippen molar-refractivity contribution in [3.63, 3.8) is 0 Å². The van der Waals surface area contributed by atoms with Crippen molar-refractivity contribution < 1.29 is 9.53 Å². The number of anilines is 1. The van der Waals surface area contributed by atoms with Gasteiger partial charge in [0.25, 0.3) is 0 Å². The number of methoxy groups -OCH3 is 1. The fraction of sp³-hybridized carbons (Fsp3) is 0.600. The summed E-state index contributed by atoms with van der Waals surface area (Å²) in [5.74, 6) is 0.987. The predicted octanol–water partition coefficient (Wildman–Crippen LogP) is 1.26. The molecule has 2 heterocycles. The fourth-order valence-electron chi connectivity index (χ4n) is 2.53. The second-order valence-electron chi connectivity index (χ2n) is 5.35.